The molecular formula is C10H19N5O. The van der Waals surface area contributed by atoms with Crippen LogP contribution in [0, 0.1) is 6.92 Å². The molecule has 90 valence electrons. The van der Waals surface area contributed by atoms with E-state index < -0.39 is 0 Å². The van der Waals surface area contributed by atoms with Gasteiger partial charge in [0.2, 0.25) is 0 Å². The first-order chi connectivity index (χ1) is 7.53. The minimum atomic E-state index is -0.382. The first-order valence-electron chi connectivity index (χ1n) is 5.24. The Morgan fingerprint density at radius 2 is 2.06 bits per heavy atom. The van der Waals surface area contributed by atoms with Gasteiger partial charge in [-0.1, -0.05) is 6.92 Å². The number of aliphatic hydroxyl groups excluding tert-OH is 1. The van der Waals surface area contributed by atoms with Crippen LogP contribution in [0.4, 0.5) is 11.6 Å². The zero-order valence-electron chi connectivity index (χ0n) is 9.91. The standard InChI is InChI=1S/C10H19N5O/c1-4-10(3,6-16)14-8-5-9(15-11)13-7(2)12-8/h5,16H,4,6,11H2,1-3H3,(H2,12,13,14,15). The SMILES string of the molecule is CCC(C)(CO)Nc1cc(NN)nc(C)n1. The lowest BCUT2D eigenvalue weighted by atomic mass is 10.0. The molecule has 1 aromatic rings. The molecule has 0 aromatic carbocycles. The highest BCUT2D eigenvalue weighted by molar-refractivity contribution is 5.48. The van der Waals surface area contributed by atoms with Gasteiger partial charge >= 0.3 is 0 Å². The number of aromatic nitrogens is 2. The smallest absolute Gasteiger partial charge is 0.145 e. The number of nitrogens with one attached hydrogen (secondary N) is 2. The molecule has 0 radical (unpaired) electrons. The minimum absolute atomic E-state index is 0.0396. The van der Waals surface area contributed by atoms with Gasteiger partial charge in [-0.25, -0.2) is 15.8 Å². The van der Waals surface area contributed by atoms with Crippen molar-refractivity contribution in [3.8, 4) is 0 Å². The van der Waals surface area contributed by atoms with Crippen molar-refractivity contribution in [3.63, 3.8) is 0 Å². The Hall–Kier alpha value is -1.40. The lowest BCUT2D eigenvalue weighted by molar-refractivity contribution is 0.218. The molecule has 5 N–H and O–H groups in total. The molecule has 1 rings (SSSR count). The third kappa shape index (κ3) is 3.04. The van der Waals surface area contributed by atoms with Crippen LogP contribution < -0.4 is 16.6 Å². The van der Waals surface area contributed by atoms with Crippen molar-refractivity contribution in [3.05, 3.63) is 11.9 Å². The fourth-order valence-electron chi connectivity index (χ4n) is 1.25. The maximum atomic E-state index is 9.30. The van der Waals surface area contributed by atoms with Gasteiger partial charge in [-0.15, -0.1) is 0 Å². The maximum Gasteiger partial charge on any atom is 0.145 e. The van der Waals surface area contributed by atoms with Crippen LogP contribution in [-0.2, 0) is 0 Å². The summed E-state index contributed by atoms with van der Waals surface area (Å²) in [5.41, 5.74) is 2.09. The number of nitrogens with zero attached hydrogens (tertiary/aromatic N) is 2. The summed E-state index contributed by atoms with van der Waals surface area (Å²) in [5, 5.41) is 12.5. The Labute approximate surface area is 95.3 Å². The molecule has 1 heterocycles. The summed E-state index contributed by atoms with van der Waals surface area (Å²) in [6.07, 6.45) is 0.790. The predicted molar refractivity (Wildman–Crippen MR) is 64.0 cm³/mol. The van der Waals surface area contributed by atoms with E-state index in [-0.39, 0.29) is 12.1 Å². The van der Waals surface area contributed by atoms with E-state index >= 15 is 0 Å². The molecule has 0 aliphatic heterocycles. The summed E-state index contributed by atoms with van der Waals surface area (Å²) in [4.78, 5) is 8.32. The van der Waals surface area contributed by atoms with Crippen LogP contribution in [0.15, 0.2) is 6.07 Å². The topological polar surface area (TPSA) is 96.1 Å². The summed E-state index contributed by atoms with van der Waals surface area (Å²) in [7, 11) is 0. The molecule has 0 amide bonds. The number of hydrazine groups is 1. The number of hydrogen-bond donors (Lipinski definition) is 4. The Morgan fingerprint density at radius 3 is 2.56 bits per heavy atom. The van der Waals surface area contributed by atoms with E-state index in [2.05, 4.69) is 20.7 Å². The molecule has 0 aliphatic carbocycles. The van der Waals surface area contributed by atoms with Crippen LogP contribution in [0.5, 0.6) is 0 Å². The monoisotopic (exact) mass is 225 g/mol. The van der Waals surface area contributed by atoms with Gasteiger partial charge in [0, 0.05) is 6.07 Å². The van der Waals surface area contributed by atoms with Crippen LogP contribution >= 0.6 is 0 Å². The van der Waals surface area contributed by atoms with E-state index in [9.17, 15) is 5.11 Å². The summed E-state index contributed by atoms with van der Waals surface area (Å²) in [6, 6.07) is 1.70. The molecule has 1 atom stereocenters. The van der Waals surface area contributed by atoms with E-state index in [1.165, 1.54) is 0 Å². The Balaban J connectivity index is 2.92. The summed E-state index contributed by atoms with van der Waals surface area (Å²) >= 11 is 0. The van der Waals surface area contributed by atoms with Gasteiger partial charge in [0.15, 0.2) is 0 Å². The molecule has 0 spiro atoms. The number of rotatable bonds is 5. The predicted octanol–water partition coefficient (Wildman–Crippen LogP) is 0.644. The Morgan fingerprint density at radius 1 is 1.44 bits per heavy atom. The molecule has 0 aliphatic rings. The quantitative estimate of drug-likeness (QED) is 0.434. The minimum Gasteiger partial charge on any atom is -0.394 e. The first kappa shape index (κ1) is 12.7. The normalized spacial score (nSPS) is 14.3. The van der Waals surface area contributed by atoms with Gasteiger partial charge in [-0.05, 0) is 20.3 Å². The van der Waals surface area contributed by atoms with E-state index in [1.807, 2.05) is 13.8 Å². The molecule has 0 fully saturated rings. The molecule has 6 heteroatoms. The summed E-state index contributed by atoms with van der Waals surface area (Å²) in [6.45, 7) is 5.76. The average Bonchev–Trinajstić information content (AvgIpc) is 2.28. The number of hydrogen-bond acceptors (Lipinski definition) is 6. The van der Waals surface area contributed by atoms with Crippen LogP contribution in [0.1, 0.15) is 26.1 Å². The molecule has 6 nitrogen and oxygen atoms in total. The Bertz CT molecular complexity index is 351. The first-order valence-corrected chi connectivity index (χ1v) is 5.24. The second-order valence-corrected chi connectivity index (χ2v) is 4.03. The van der Waals surface area contributed by atoms with Crippen LogP contribution in [-0.4, -0.2) is 27.2 Å². The van der Waals surface area contributed by atoms with E-state index in [4.69, 9.17) is 5.84 Å². The summed E-state index contributed by atoms with van der Waals surface area (Å²) < 4.78 is 0. The van der Waals surface area contributed by atoms with Gasteiger partial charge in [0.1, 0.15) is 17.5 Å². The zero-order chi connectivity index (χ0) is 12.2. The fraction of sp³-hybridized carbons (Fsp3) is 0.600. The second-order valence-electron chi connectivity index (χ2n) is 4.03. The van der Waals surface area contributed by atoms with Crippen molar-refractivity contribution in [1.29, 1.82) is 0 Å². The third-order valence-corrected chi connectivity index (χ3v) is 2.54. The highest BCUT2D eigenvalue weighted by Gasteiger charge is 2.21. The van der Waals surface area contributed by atoms with Crippen LogP contribution in [0.2, 0.25) is 0 Å². The number of nitrogen functional groups attached to an aromatic ring is 1. The number of nitrogens with two attached hydrogens (primary N) is 1. The molecule has 1 aromatic heterocycles. The van der Waals surface area contributed by atoms with Crippen molar-refractivity contribution >= 4 is 11.6 Å². The van der Waals surface area contributed by atoms with Crippen molar-refractivity contribution in [2.24, 2.45) is 5.84 Å². The highest BCUT2D eigenvalue weighted by Crippen LogP contribution is 2.18. The maximum absolute atomic E-state index is 9.30. The van der Waals surface area contributed by atoms with E-state index in [0.717, 1.165) is 6.42 Å². The van der Waals surface area contributed by atoms with Gasteiger partial charge in [-0.3, -0.25) is 0 Å². The Kier molecular flexibility index (Phi) is 4.03. The third-order valence-electron chi connectivity index (χ3n) is 2.54. The van der Waals surface area contributed by atoms with Crippen LogP contribution in [0.25, 0.3) is 0 Å². The van der Waals surface area contributed by atoms with E-state index in [1.54, 1.807) is 13.0 Å². The largest absolute Gasteiger partial charge is 0.394 e. The molecule has 0 bridgehead atoms. The van der Waals surface area contributed by atoms with Crippen LogP contribution in [0.3, 0.4) is 0 Å². The van der Waals surface area contributed by atoms with Crippen molar-refractivity contribution < 1.29 is 5.11 Å². The van der Waals surface area contributed by atoms with Gasteiger partial charge < -0.3 is 15.8 Å². The van der Waals surface area contributed by atoms with Gasteiger partial charge in [0.05, 0.1) is 12.1 Å². The molecule has 0 saturated carbocycles. The van der Waals surface area contributed by atoms with Crippen molar-refractivity contribution in [2.45, 2.75) is 32.7 Å². The fourth-order valence-corrected chi connectivity index (χ4v) is 1.25. The van der Waals surface area contributed by atoms with E-state index in [0.29, 0.717) is 17.5 Å². The molecule has 1 unspecified atom stereocenters. The number of anilines is 2. The number of aliphatic hydroxyl groups is 1. The molecule has 0 saturated heterocycles. The lowest BCUT2D eigenvalue weighted by Gasteiger charge is -2.28. The van der Waals surface area contributed by atoms with Crippen molar-refractivity contribution in [2.75, 3.05) is 17.3 Å². The van der Waals surface area contributed by atoms with Gasteiger partial charge in [-0.2, -0.15) is 0 Å². The lowest BCUT2D eigenvalue weighted by Crippen LogP contribution is -2.38. The van der Waals surface area contributed by atoms with Gasteiger partial charge in [0.25, 0.3) is 0 Å². The van der Waals surface area contributed by atoms with Crippen molar-refractivity contribution in [1.82, 2.24) is 9.97 Å². The number of aryl methyl sites for hydroxylation is 1. The zero-order valence-corrected chi connectivity index (χ0v) is 9.91. The highest BCUT2D eigenvalue weighted by atomic mass is 16.3. The second kappa shape index (κ2) is 5.09. The summed E-state index contributed by atoms with van der Waals surface area (Å²) in [5.74, 6) is 7.12. The average molecular weight is 225 g/mol. The molecule has 16 heavy (non-hydrogen) atoms. The molecular weight excluding hydrogens is 206 g/mol.